The molecule has 2 heterocycles. The maximum absolute atomic E-state index is 10.7. The van der Waals surface area contributed by atoms with Crippen molar-refractivity contribution in [3.05, 3.63) is 18.0 Å². The Labute approximate surface area is 104 Å². The average Bonchev–Trinajstić information content (AvgIpc) is 2.39. The molecule has 1 amide bonds. The van der Waals surface area contributed by atoms with Crippen LogP contribution in [0, 0.1) is 11.3 Å². The number of aromatic nitrogens is 2. The third-order valence-electron chi connectivity index (χ3n) is 2.87. The smallest absolute Gasteiger partial charge is 0.407 e. The second-order valence-corrected chi connectivity index (χ2v) is 4.07. The van der Waals surface area contributed by atoms with E-state index in [9.17, 15) is 4.79 Å². The van der Waals surface area contributed by atoms with Crippen LogP contribution in [-0.4, -0.2) is 45.2 Å². The summed E-state index contributed by atoms with van der Waals surface area (Å²) in [6, 6.07) is 3.64. The molecule has 2 rings (SSSR count). The predicted molar refractivity (Wildman–Crippen MR) is 63.0 cm³/mol. The molecule has 1 aliphatic heterocycles. The highest BCUT2D eigenvalue weighted by atomic mass is 16.4. The lowest BCUT2D eigenvalue weighted by Gasteiger charge is -2.30. The number of nitrogens with zero attached hydrogens (tertiary/aromatic N) is 4. The van der Waals surface area contributed by atoms with Crippen molar-refractivity contribution in [2.45, 2.75) is 18.9 Å². The van der Waals surface area contributed by atoms with Crippen LogP contribution in [-0.2, 0) is 0 Å². The van der Waals surface area contributed by atoms with Gasteiger partial charge in [-0.1, -0.05) is 0 Å². The summed E-state index contributed by atoms with van der Waals surface area (Å²) in [5.41, 5.74) is 0.315. The summed E-state index contributed by atoms with van der Waals surface area (Å²) < 4.78 is 0. The first-order chi connectivity index (χ1) is 8.69. The van der Waals surface area contributed by atoms with Gasteiger partial charge >= 0.3 is 6.09 Å². The van der Waals surface area contributed by atoms with Gasteiger partial charge in [0.05, 0.1) is 0 Å². The number of hydrogen-bond donors (Lipinski definition) is 2. The second kappa shape index (κ2) is 5.31. The number of likely N-dealkylation sites (tertiary alicyclic amines) is 1. The molecule has 0 aliphatic carbocycles. The van der Waals surface area contributed by atoms with Crippen LogP contribution in [0.2, 0.25) is 0 Å². The molecule has 0 radical (unpaired) electrons. The van der Waals surface area contributed by atoms with Crippen molar-refractivity contribution in [3.63, 3.8) is 0 Å². The number of amides is 1. The van der Waals surface area contributed by atoms with E-state index in [1.807, 2.05) is 6.07 Å². The quantitative estimate of drug-likeness (QED) is 0.805. The van der Waals surface area contributed by atoms with Gasteiger partial charge in [-0.2, -0.15) is 5.26 Å². The van der Waals surface area contributed by atoms with Crippen LogP contribution in [0.1, 0.15) is 18.5 Å². The van der Waals surface area contributed by atoms with E-state index >= 15 is 0 Å². The molecule has 7 nitrogen and oxygen atoms in total. The van der Waals surface area contributed by atoms with Gasteiger partial charge in [0.15, 0.2) is 0 Å². The monoisotopic (exact) mass is 247 g/mol. The van der Waals surface area contributed by atoms with Crippen LogP contribution in [0.3, 0.4) is 0 Å². The Morgan fingerprint density at radius 2 is 2.28 bits per heavy atom. The molecule has 0 bridgehead atoms. The molecule has 0 aromatic carbocycles. The number of carbonyl (C=O) groups is 1. The Balaban J connectivity index is 1.91. The standard InChI is InChI=1S/C11H13N5O2/c12-7-9-1-4-13-10(15-9)14-8-2-5-16(6-3-8)11(17)18/h1,4,8H,2-3,5-6H2,(H,17,18)(H,13,14,15). The normalized spacial score (nSPS) is 16.1. The Bertz CT molecular complexity index is 477. The topological polar surface area (TPSA) is 102 Å². The first kappa shape index (κ1) is 12.1. The average molecular weight is 247 g/mol. The van der Waals surface area contributed by atoms with Gasteiger partial charge in [0.1, 0.15) is 11.8 Å². The first-order valence-electron chi connectivity index (χ1n) is 5.66. The lowest BCUT2D eigenvalue weighted by atomic mass is 10.1. The highest BCUT2D eigenvalue weighted by Gasteiger charge is 2.22. The highest BCUT2D eigenvalue weighted by molar-refractivity contribution is 5.65. The minimum atomic E-state index is -0.879. The highest BCUT2D eigenvalue weighted by Crippen LogP contribution is 2.14. The summed E-state index contributed by atoms with van der Waals surface area (Å²) in [4.78, 5) is 20.2. The van der Waals surface area contributed by atoms with E-state index in [-0.39, 0.29) is 6.04 Å². The molecule has 1 saturated heterocycles. The van der Waals surface area contributed by atoms with Crippen LogP contribution in [0.15, 0.2) is 12.3 Å². The van der Waals surface area contributed by atoms with Crippen molar-refractivity contribution in [2.24, 2.45) is 0 Å². The Morgan fingerprint density at radius 3 is 2.89 bits per heavy atom. The number of rotatable bonds is 2. The van der Waals surface area contributed by atoms with Crippen molar-refractivity contribution in [2.75, 3.05) is 18.4 Å². The van der Waals surface area contributed by atoms with E-state index < -0.39 is 6.09 Å². The second-order valence-electron chi connectivity index (χ2n) is 4.07. The van der Waals surface area contributed by atoms with Gasteiger partial charge < -0.3 is 15.3 Å². The molecule has 1 aliphatic rings. The van der Waals surface area contributed by atoms with Crippen molar-refractivity contribution in [1.29, 1.82) is 5.26 Å². The molecule has 18 heavy (non-hydrogen) atoms. The van der Waals surface area contributed by atoms with Crippen molar-refractivity contribution >= 4 is 12.0 Å². The first-order valence-corrected chi connectivity index (χ1v) is 5.66. The van der Waals surface area contributed by atoms with Crippen LogP contribution >= 0.6 is 0 Å². The van der Waals surface area contributed by atoms with E-state index in [1.165, 1.54) is 17.2 Å². The molecule has 2 N–H and O–H groups in total. The SMILES string of the molecule is N#Cc1ccnc(NC2CCN(C(=O)O)CC2)n1. The zero-order valence-electron chi connectivity index (χ0n) is 9.70. The Morgan fingerprint density at radius 1 is 1.56 bits per heavy atom. The molecule has 0 saturated carbocycles. The van der Waals surface area contributed by atoms with Gasteiger partial charge in [0, 0.05) is 25.3 Å². The van der Waals surface area contributed by atoms with Crippen molar-refractivity contribution in [1.82, 2.24) is 14.9 Å². The minimum Gasteiger partial charge on any atom is -0.465 e. The van der Waals surface area contributed by atoms with Crippen LogP contribution in [0.25, 0.3) is 0 Å². The molecule has 0 atom stereocenters. The van der Waals surface area contributed by atoms with E-state index in [4.69, 9.17) is 10.4 Å². The number of hydrogen-bond acceptors (Lipinski definition) is 5. The van der Waals surface area contributed by atoms with Gasteiger partial charge in [-0.3, -0.25) is 0 Å². The third kappa shape index (κ3) is 2.85. The summed E-state index contributed by atoms with van der Waals surface area (Å²) in [5, 5.41) is 20.7. The molecular weight excluding hydrogens is 234 g/mol. The molecule has 0 spiro atoms. The summed E-state index contributed by atoms with van der Waals surface area (Å²) in [5.74, 6) is 0.419. The summed E-state index contributed by atoms with van der Waals surface area (Å²) in [6.07, 6.45) is 2.08. The van der Waals surface area contributed by atoms with Crippen molar-refractivity contribution < 1.29 is 9.90 Å². The number of piperidine rings is 1. The fourth-order valence-corrected chi connectivity index (χ4v) is 1.89. The van der Waals surface area contributed by atoms with E-state index in [2.05, 4.69) is 15.3 Å². The molecule has 0 unspecified atom stereocenters. The molecular formula is C11H13N5O2. The molecule has 1 aromatic heterocycles. The maximum atomic E-state index is 10.7. The summed E-state index contributed by atoms with van der Waals surface area (Å²) >= 11 is 0. The Hall–Kier alpha value is -2.36. The van der Waals surface area contributed by atoms with Crippen LogP contribution in [0.4, 0.5) is 10.7 Å². The molecule has 1 aromatic rings. The number of carboxylic acid groups (broad SMARTS) is 1. The fraction of sp³-hybridized carbons (Fsp3) is 0.455. The van der Waals surface area contributed by atoms with Gasteiger partial charge in [0.2, 0.25) is 5.95 Å². The Kier molecular flexibility index (Phi) is 3.57. The lowest BCUT2D eigenvalue weighted by molar-refractivity contribution is 0.133. The van der Waals surface area contributed by atoms with Crippen LogP contribution in [0.5, 0.6) is 0 Å². The van der Waals surface area contributed by atoms with Crippen molar-refractivity contribution in [3.8, 4) is 6.07 Å². The zero-order chi connectivity index (χ0) is 13.0. The lowest BCUT2D eigenvalue weighted by Crippen LogP contribution is -2.41. The third-order valence-corrected chi connectivity index (χ3v) is 2.87. The minimum absolute atomic E-state index is 0.148. The largest absolute Gasteiger partial charge is 0.465 e. The van der Waals surface area contributed by atoms with E-state index in [0.717, 1.165) is 0 Å². The molecule has 1 fully saturated rings. The van der Waals surface area contributed by atoms with E-state index in [0.29, 0.717) is 37.6 Å². The molecule has 94 valence electrons. The maximum Gasteiger partial charge on any atom is 0.407 e. The fourth-order valence-electron chi connectivity index (χ4n) is 1.89. The molecule has 7 heteroatoms. The summed E-state index contributed by atoms with van der Waals surface area (Å²) in [7, 11) is 0. The van der Waals surface area contributed by atoms with Gasteiger partial charge in [-0.15, -0.1) is 0 Å². The number of nitrogens with one attached hydrogen (secondary N) is 1. The summed E-state index contributed by atoms with van der Waals surface area (Å²) in [6.45, 7) is 1.01. The van der Waals surface area contributed by atoms with Gasteiger partial charge in [-0.25, -0.2) is 14.8 Å². The number of nitriles is 1. The number of anilines is 1. The van der Waals surface area contributed by atoms with Crippen LogP contribution < -0.4 is 5.32 Å². The van der Waals surface area contributed by atoms with E-state index in [1.54, 1.807) is 0 Å². The van der Waals surface area contributed by atoms with Gasteiger partial charge in [-0.05, 0) is 18.9 Å². The predicted octanol–water partition coefficient (Wildman–Crippen LogP) is 0.903. The zero-order valence-corrected chi connectivity index (χ0v) is 9.70. The van der Waals surface area contributed by atoms with Gasteiger partial charge in [0.25, 0.3) is 0 Å².